The van der Waals surface area contributed by atoms with Crippen LogP contribution in [-0.4, -0.2) is 21.3 Å². The summed E-state index contributed by atoms with van der Waals surface area (Å²) in [5.41, 5.74) is 1.29. The lowest BCUT2D eigenvalue weighted by molar-refractivity contribution is -0.384. The number of aromatic nitrogens is 2. The van der Waals surface area contributed by atoms with Crippen molar-refractivity contribution < 1.29 is 9.66 Å². The zero-order valence-corrected chi connectivity index (χ0v) is 18.4. The molecule has 1 aromatic heterocycles. The van der Waals surface area contributed by atoms with Crippen LogP contribution in [0.3, 0.4) is 0 Å². The number of fused-ring (bicyclic) bond motifs is 1. The number of nitro groups is 1. The third kappa shape index (κ3) is 8.94. The number of hydrogen-bond acceptors (Lipinski definition) is 4. The third-order valence-corrected chi connectivity index (χ3v) is 5.27. The minimum atomic E-state index is -0.385. The van der Waals surface area contributed by atoms with Gasteiger partial charge in [0.2, 0.25) is 0 Å². The van der Waals surface area contributed by atoms with Crippen molar-refractivity contribution in [2.45, 2.75) is 91.7 Å². The molecule has 0 spiro atoms. The predicted octanol–water partition coefficient (Wildman–Crippen LogP) is 6.87. The molecular weight excluding hydrogens is 366 g/mol. The molecule has 0 fully saturated rings. The van der Waals surface area contributed by atoms with E-state index in [0.29, 0.717) is 18.8 Å². The molecule has 6 heteroatoms. The zero-order chi connectivity index (χ0) is 21.1. The van der Waals surface area contributed by atoms with Gasteiger partial charge in [0.1, 0.15) is 6.73 Å². The minimum absolute atomic E-state index is 0.0773. The maximum absolute atomic E-state index is 10.9. The van der Waals surface area contributed by atoms with Crippen molar-refractivity contribution in [2.24, 2.45) is 5.41 Å². The highest BCUT2D eigenvalue weighted by molar-refractivity contribution is 5.80. The molecular formula is C23H37N3O3. The molecule has 2 rings (SSSR count). The molecule has 0 N–H and O–H groups in total. The first kappa shape index (κ1) is 23.3. The summed E-state index contributed by atoms with van der Waals surface area (Å²) in [6.45, 7) is 7.99. The molecule has 0 atom stereocenters. The number of nitrogens with zero attached hydrogens (tertiary/aromatic N) is 3. The first-order valence-electron chi connectivity index (χ1n) is 11.0. The van der Waals surface area contributed by atoms with Crippen LogP contribution in [0.2, 0.25) is 0 Å². The molecule has 0 saturated carbocycles. The Bertz CT molecular complexity index is 749. The largest absolute Gasteiger partial charge is 0.359 e. The quantitative estimate of drug-likeness (QED) is 0.196. The summed E-state index contributed by atoms with van der Waals surface area (Å²) in [5, 5.41) is 16.1. The molecule has 1 heterocycles. The second-order valence-corrected chi connectivity index (χ2v) is 9.17. The van der Waals surface area contributed by atoms with Crippen molar-refractivity contribution in [3.05, 3.63) is 34.5 Å². The highest BCUT2D eigenvalue weighted by Gasteiger charge is 2.10. The fourth-order valence-corrected chi connectivity index (χ4v) is 3.52. The van der Waals surface area contributed by atoms with Crippen molar-refractivity contribution in [3.8, 4) is 0 Å². The van der Waals surface area contributed by atoms with Gasteiger partial charge < -0.3 is 4.74 Å². The average molecular weight is 404 g/mol. The number of nitro benzene ring substituents is 1. The summed E-state index contributed by atoms with van der Waals surface area (Å²) < 4.78 is 7.40. The Labute approximate surface area is 174 Å². The van der Waals surface area contributed by atoms with Crippen LogP contribution in [0.1, 0.15) is 85.0 Å². The maximum Gasteiger partial charge on any atom is 0.271 e. The van der Waals surface area contributed by atoms with E-state index in [1.165, 1.54) is 63.9 Å². The first-order chi connectivity index (χ1) is 13.9. The highest BCUT2D eigenvalue weighted by Crippen LogP contribution is 2.23. The monoisotopic (exact) mass is 403 g/mol. The lowest BCUT2D eigenvalue weighted by Crippen LogP contribution is -2.05. The van der Waals surface area contributed by atoms with Crippen molar-refractivity contribution in [1.82, 2.24) is 9.78 Å². The van der Waals surface area contributed by atoms with E-state index >= 15 is 0 Å². The number of rotatable bonds is 14. The smallest absolute Gasteiger partial charge is 0.271 e. The molecule has 6 nitrogen and oxygen atoms in total. The first-order valence-corrected chi connectivity index (χ1v) is 11.0. The van der Waals surface area contributed by atoms with E-state index < -0.39 is 0 Å². The van der Waals surface area contributed by atoms with Crippen LogP contribution in [0.5, 0.6) is 0 Å². The summed E-state index contributed by atoms with van der Waals surface area (Å²) >= 11 is 0. The molecule has 0 bridgehead atoms. The summed E-state index contributed by atoms with van der Waals surface area (Å²) in [6.07, 6.45) is 14.7. The number of ether oxygens (including phenoxy) is 1. The second kappa shape index (κ2) is 11.9. The fraction of sp³-hybridized carbons (Fsp3) is 0.696. The number of hydrogen-bond donors (Lipinski definition) is 0. The average Bonchev–Trinajstić information content (AvgIpc) is 3.07. The molecule has 0 amide bonds. The molecule has 0 aliphatic heterocycles. The van der Waals surface area contributed by atoms with E-state index in [1.54, 1.807) is 23.0 Å². The van der Waals surface area contributed by atoms with Gasteiger partial charge in [-0.15, -0.1) is 0 Å². The van der Waals surface area contributed by atoms with Gasteiger partial charge in [0.25, 0.3) is 5.69 Å². The van der Waals surface area contributed by atoms with Crippen LogP contribution < -0.4 is 0 Å². The molecule has 0 aliphatic carbocycles. The summed E-state index contributed by atoms with van der Waals surface area (Å²) in [5.74, 6) is 0. The summed E-state index contributed by atoms with van der Waals surface area (Å²) in [6, 6.07) is 4.78. The normalized spacial score (nSPS) is 12.0. The van der Waals surface area contributed by atoms with E-state index in [0.717, 1.165) is 17.3 Å². The Morgan fingerprint density at radius 1 is 1.00 bits per heavy atom. The minimum Gasteiger partial charge on any atom is -0.359 e. The summed E-state index contributed by atoms with van der Waals surface area (Å²) in [7, 11) is 0. The van der Waals surface area contributed by atoms with E-state index in [9.17, 15) is 10.1 Å². The van der Waals surface area contributed by atoms with Gasteiger partial charge in [-0.2, -0.15) is 5.10 Å². The standard InChI is InChI=1S/C23H37N3O3/c1-23(2,3)15-11-9-7-5-4-6-8-10-12-16-29-19-25-22-17-21(26(27)28)14-13-20(22)18-24-25/h13-14,17-18H,4-12,15-16,19H2,1-3H3. The molecule has 29 heavy (non-hydrogen) atoms. The van der Waals surface area contributed by atoms with Gasteiger partial charge in [-0.1, -0.05) is 72.1 Å². The molecule has 1 aromatic carbocycles. The molecule has 0 aliphatic rings. The molecule has 0 saturated heterocycles. The lowest BCUT2D eigenvalue weighted by atomic mass is 9.89. The number of non-ortho nitro benzene ring substituents is 1. The number of benzene rings is 1. The third-order valence-electron chi connectivity index (χ3n) is 5.27. The van der Waals surface area contributed by atoms with Crippen molar-refractivity contribution in [3.63, 3.8) is 0 Å². The van der Waals surface area contributed by atoms with Gasteiger partial charge in [-0.3, -0.25) is 10.1 Å². The van der Waals surface area contributed by atoms with E-state index in [4.69, 9.17) is 4.74 Å². The SMILES string of the molecule is CC(C)(C)CCCCCCCCCCCOCn1ncc2ccc([N+](=O)[O-])cc21. The highest BCUT2D eigenvalue weighted by atomic mass is 16.6. The van der Waals surface area contributed by atoms with Gasteiger partial charge >= 0.3 is 0 Å². The van der Waals surface area contributed by atoms with E-state index in [-0.39, 0.29) is 10.6 Å². The Morgan fingerprint density at radius 2 is 1.62 bits per heavy atom. The van der Waals surface area contributed by atoms with Crippen LogP contribution in [-0.2, 0) is 11.5 Å². The van der Waals surface area contributed by atoms with Gasteiger partial charge in [0.15, 0.2) is 0 Å². The van der Waals surface area contributed by atoms with E-state index in [1.807, 2.05) is 0 Å². The Morgan fingerprint density at radius 3 is 2.24 bits per heavy atom. The molecule has 0 unspecified atom stereocenters. The maximum atomic E-state index is 10.9. The van der Waals surface area contributed by atoms with Gasteiger partial charge in [0, 0.05) is 24.1 Å². The lowest BCUT2D eigenvalue weighted by Gasteiger charge is -2.17. The Kier molecular flexibility index (Phi) is 9.58. The van der Waals surface area contributed by atoms with E-state index in [2.05, 4.69) is 25.9 Å². The van der Waals surface area contributed by atoms with Crippen molar-refractivity contribution in [2.75, 3.05) is 6.61 Å². The zero-order valence-electron chi connectivity index (χ0n) is 18.4. The van der Waals surface area contributed by atoms with Crippen LogP contribution in [0, 0.1) is 15.5 Å². The summed E-state index contributed by atoms with van der Waals surface area (Å²) in [4.78, 5) is 10.5. The second-order valence-electron chi connectivity index (χ2n) is 9.17. The topological polar surface area (TPSA) is 70.2 Å². The van der Waals surface area contributed by atoms with Crippen LogP contribution in [0.25, 0.3) is 10.9 Å². The van der Waals surface area contributed by atoms with Gasteiger partial charge in [-0.05, 0) is 24.3 Å². The molecule has 162 valence electrons. The Hall–Kier alpha value is -1.95. The molecule has 0 radical (unpaired) electrons. The van der Waals surface area contributed by atoms with Crippen LogP contribution in [0.4, 0.5) is 5.69 Å². The van der Waals surface area contributed by atoms with Crippen molar-refractivity contribution >= 4 is 16.6 Å². The Balaban J connectivity index is 1.49. The van der Waals surface area contributed by atoms with Crippen molar-refractivity contribution in [1.29, 1.82) is 0 Å². The number of unbranched alkanes of at least 4 members (excludes halogenated alkanes) is 8. The van der Waals surface area contributed by atoms with Crippen LogP contribution in [0.15, 0.2) is 24.4 Å². The predicted molar refractivity (Wildman–Crippen MR) is 118 cm³/mol. The molecule has 2 aromatic rings. The van der Waals surface area contributed by atoms with Crippen LogP contribution >= 0.6 is 0 Å². The van der Waals surface area contributed by atoms with Gasteiger partial charge in [-0.25, -0.2) is 4.68 Å². The van der Waals surface area contributed by atoms with Gasteiger partial charge in [0.05, 0.1) is 16.6 Å². The fourth-order valence-electron chi connectivity index (χ4n) is 3.52.